The van der Waals surface area contributed by atoms with Gasteiger partial charge in [0.2, 0.25) is 10.0 Å². The lowest BCUT2D eigenvalue weighted by Crippen LogP contribution is -2.35. The number of amides is 1. The highest BCUT2D eigenvalue weighted by molar-refractivity contribution is 7.89. The molecule has 0 bridgehead atoms. The molecule has 31 heavy (non-hydrogen) atoms. The number of benzene rings is 2. The third-order valence-electron chi connectivity index (χ3n) is 5.57. The molecule has 0 N–H and O–H groups in total. The van der Waals surface area contributed by atoms with Crippen LogP contribution in [0.4, 0.5) is 5.69 Å². The second kappa shape index (κ2) is 9.94. The van der Waals surface area contributed by atoms with Gasteiger partial charge in [0.15, 0.2) is 0 Å². The number of nitrogens with zero attached hydrogens (tertiary/aromatic N) is 4. The first-order valence-electron chi connectivity index (χ1n) is 10.5. The van der Waals surface area contributed by atoms with Crippen LogP contribution in [0.15, 0.2) is 53.4 Å². The van der Waals surface area contributed by atoms with Crippen LogP contribution in [0.3, 0.4) is 0 Å². The molecule has 7 nitrogen and oxygen atoms in total. The van der Waals surface area contributed by atoms with Gasteiger partial charge in [-0.1, -0.05) is 19.9 Å². The highest BCUT2D eigenvalue weighted by Gasteiger charge is 2.25. The molecule has 1 heterocycles. The second-order valence-electron chi connectivity index (χ2n) is 7.41. The van der Waals surface area contributed by atoms with Crippen LogP contribution < -0.4 is 4.90 Å². The van der Waals surface area contributed by atoms with Gasteiger partial charge in [0.05, 0.1) is 16.5 Å². The van der Waals surface area contributed by atoms with E-state index < -0.39 is 10.0 Å². The van der Waals surface area contributed by atoms with Crippen LogP contribution in [-0.4, -0.2) is 62.8 Å². The van der Waals surface area contributed by atoms with E-state index in [1.165, 1.54) is 10.4 Å². The van der Waals surface area contributed by atoms with Crippen molar-refractivity contribution in [3.05, 3.63) is 59.7 Å². The highest BCUT2D eigenvalue weighted by Crippen LogP contribution is 2.20. The van der Waals surface area contributed by atoms with Crippen molar-refractivity contribution in [2.75, 3.05) is 44.2 Å². The summed E-state index contributed by atoms with van der Waals surface area (Å²) in [6, 6.07) is 15.9. The molecular formula is C23H28N4O3S. The van der Waals surface area contributed by atoms with Gasteiger partial charge in [-0.15, -0.1) is 0 Å². The SMILES string of the molecule is CCN(CC)S(=O)(=O)c1cccc(C(=O)N2CCCN(c3ccc(C#N)cc3)CC2)c1. The maximum absolute atomic E-state index is 13.1. The van der Waals surface area contributed by atoms with Gasteiger partial charge in [-0.05, 0) is 48.9 Å². The minimum Gasteiger partial charge on any atom is -0.370 e. The predicted octanol–water partition coefficient (Wildman–Crippen LogP) is 2.94. The van der Waals surface area contributed by atoms with Crippen molar-refractivity contribution in [1.29, 1.82) is 5.26 Å². The molecule has 0 spiro atoms. The summed E-state index contributed by atoms with van der Waals surface area (Å²) in [5.74, 6) is -0.154. The number of sulfonamides is 1. The monoisotopic (exact) mass is 440 g/mol. The van der Waals surface area contributed by atoms with E-state index in [4.69, 9.17) is 5.26 Å². The molecule has 164 valence electrons. The van der Waals surface area contributed by atoms with Crippen molar-refractivity contribution in [3.8, 4) is 6.07 Å². The average molecular weight is 441 g/mol. The van der Waals surface area contributed by atoms with E-state index in [1.807, 2.05) is 12.1 Å². The van der Waals surface area contributed by atoms with Crippen molar-refractivity contribution in [1.82, 2.24) is 9.21 Å². The van der Waals surface area contributed by atoms with Gasteiger partial charge in [0, 0.05) is 50.5 Å². The van der Waals surface area contributed by atoms with E-state index in [2.05, 4.69) is 11.0 Å². The van der Waals surface area contributed by atoms with Crippen LogP contribution in [-0.2, 0) is 10.0 Å². The van der Waals surface area contributed by atoms with Crippen LogP contribution in [0, 0.1) is 11.3 Å². The third-order valence-corrected chi connectivity index (χ3v) is 7.61. The molecule has 1 amide bonds. The van der Waals surface area contributed by atoms with Gasteiger partial charge in [0.25, 0.3) is 5.91 Å². The average Bonchev–Trinajstić information content (AvgIpc) is 3.06. The number of carbonyl (C=O) groups excluding carboxylic acids is 1. The molecular weight excluding hydrogens is 412 g/mol. The van der Waals surface area contributed by atoms with Crippen molar-refractivity contribution in [3.63, 3.8) is 0 Å². The van der Waals surface area contributed by atoms with Crippen molar-refractivity contribution >= 4 is 21.6 Å². The van der Waals surface area contributed by atoms with Gasteiger partial charge in [0.1, 0.15) is 0 Å². The highest BCUT2D eigenvalue weighted by atomic mass is 32.2. The molecule has 0 aliphatic carbocycles. The zero-order valence-electron chi connectivity index (χ0n) is 18.0. The molecule has 3 rings (SSSR count). The van der Waals surface area contributed by atoms with Gasteiger partial charge in [-0.3, -0.25) is 4.79 Å². The van der Waals surface area contributed by atoms with Crippen LogP contribution in [0.1, 0.15) is 36.2 Å². The minimum atomic E-state index is -3.61. The van der Waals surface area contributed by atoms with Crippen molar-refractivity contribution in [2.45, 2.75) is 25.2 Å². The lowest BCUT2D eigenvalue weighted by Gasteiger charge is -2.24. The Labute approximate surface area is 184 Å². The first-order chi connectivity index (χ1) is 14.9. The standard InChI is InChI=1S/C23H28N4O3S/c1-3-27(4-2)31(29,30)22-8-5-7-20(17-22)23(28)26-14-6-13-25(15-16-26)21-11-9-19(18-24)10-12-21/h5,7-12,17H,3-4,6,13-16H2,1-2H3. The van der Waals surface area contributed by atoms with Gasteiger partial charge in [-0.2, -0.15) is 9.57 Å². The van der Waals surface area contributed by atoms with Crippen molar-refractivity contribution in [2.24, 2.45) is 0 Å². The Morgan fingerprint density at radius 2 is 1.74 bits per heavy atom. The summed E-state index contributed by atoms with van der Waals surface area (Å²) in [6.07, 6.45) is 0.809. The molecule has 0 unspecified atom stereocenters. The maximum atomic E-state index is 13.1. The zero-order valence-corrected chi connectivity index (χ0v) is 18.8. The van der Waals surface area contributed by atoms with Gasteiger partial charge >= 0.3 is 0 Å². The first kappa shape index (κ1) is 22.8. The first-order valence-corrected chi connectivity index (χ1v) is 12.0. The second-order valence-corrected chi connectivity index (χ2v) is 9.35. The Hall–Kier alpha value is -2.89. The molecule has 0 atom stereocenters. The maximum Gasteiger partial charge on any atom is 0.253 e. The summed E-state index contributed by atoms with van der Waals surface area (Å²) >= 11 is 0. The molecule has 0 radical (unpaired) electrons. The van der Waals surface area contributed by atoms with E-state index in [0.717, 1.165) is 18.7 Å². The molecule has 1 fully saturated rings. The fourth-order valence-electron chi connectivity index (χ4n) is 3.81. The molecule has 0 aromatic heterocycles. The molecule has 2 aromatic carbocycles. The normalized spacial score (nSPS) is 14.9. The van der Waals surface area contributed by atoms with Crippen LogP contribution >= 0.6 is 0 Å². The fraction of sp³-hybridized carbons (Fsp3) is 0.391. The lowest BCUT2D eigenvalue weighted by atomic mass is 10.2. The summed E-state index contributed by atoms with van der Waals surface area (Å²) < 4.78 is 27.0. The summed E-state index contributed by atoms with van der Waals surface area (Å²) in [4.78, 5) is 17.3. The number of rotatable bonds is 6. The quantitative estimate of drug-likeness (QED) is 0.690. The van der Waals surface area contributed by atoms with Crippen LogP contribution in [0.2, 0.25) is 0 Å². The number of nitriles is 1. The lowest BCUT2D eigenvalue weighted by molar-refractivity contribution is 0.0766. The Morgan fingerprint density at radius 3 is 2.39 bits per heavy atom. The van der Waals surface area contributed by atoms with Crippen molar-refractivity contribution < 1.29 is 13.2 Å². The van der Waals surface area contributed by atoms with Crippen LogP contribution in [0.25, 0.3) is 0 Å². The smallest absolute Gasteiger partial charge is 0.253 e. The number of hydrogen-bond acceptors (Lipinski definition) is 5. The Balaban J connectivity index is 1.74. The Kier molecular flexibility index (Phi) is 7.31. The minimum absolute atomic E-state index is 0.149. The molecule has 8 heteroatoms. The third kappa shape index (κ3) is 5.06. The topological polar surface area (TPSA) is 84.7 Å². The number of anilines is 1. The Bertz CT molecular complexity index is 1060. The summed E-state index contributed by atoms with van der Waals surface area (Å²) in [6.45, 7) is 7.01. The molecule has 1 saturated heterocycles. The van der Waals surface area contributed by atoms with E-state index in [9.17, 15) is 13.2 Å². The van der Waals surface area contributed by atoms with Crippen LogP contribution in [0.5, 0.6) is 0 Å². The van der Waals surface area contributed by atoms with E-state index in [0.29, 0.717) is 43.9 Å². The van der Waals surface area contributed by atoms with Gasteiger partial charge < -0.3 is 9.80 Å². The fourth-order valence-corrected chi connectivity index (χ4v) is 5.31. The zero-order chi connectivity index (χ0) is 22.4. The number of carbonyl (C=O) groups is 1. The Morgan fingerprint density at radius 1 is 1.03 bits per heavy atom. The largest absolute Gasteiger partial charge is 0.370 e. The van der Waals surface area contributed by atoms with E-state index in [-0.39, 0.29) is 10.8 Å². The molecule has 0 saturated carbocycles. The summed E-state index contributed by atoms with van der Waals surface area (Å²) in [5.41, 5.74) is 2.04. The summed E-state index contributed by atoms with van der Waals surface area (Å²) in [7, 11) is -3.61. The number of hydrogen-bond donors (Lipinski definition) is 0. The van der Waals surface area contributed by atoms with E-state index >= 15 is 0 Å². The van der Waals surface area contributed by atoms with Gasteiger partial charge in [-0.25, -0.2) is 8.42 Å². The van der Waals surface area contributed by atoms with E-state index in [1.54, 1.807) is 49.1 Å². The molecule has 1 aliphatic heterocycles. The summed E-state index contributed by atoms with van der Waals surface area (Å²) in [5, 5.41) is 8.97. The predicted molar refractivity (Wildman–Crippen MR) is 120 cm³/mol. The molecule has 2 aromatic rings. The molecule has 1 aliphatic rings.